The summed E-state index contributed by atoms with van der Waals surface area (Å²) in [5.74, 6) is 0. The fraction of sp³-hybridized carbons (Fsp3) is 0.273. The molecule has 2 nitrogen and oxygen atoms in total. The first kappa shape index (κ1) is 9.56. The van der Waals surface area contributed by atoms with Gasteiger partial charge >= 0.3 is 0 Å². The molecule has 0 saturated heterocycles. The van der Waals surface area contributed by atoms with Gasteiger partial charge in [0.15, 0.2) is 0 Å². The second kappa shape index (κ2) is 3.01. The summed E-state index contributed by atoms with van der Waals surface area (Å²) in [5.41, 5.74) is 1.03. The van der Waals surface area contributed by atoms with Gasteiger partial charge in [0.25, 0.3) is 0 Å². The van der Waals surface area contributed by atoms with Crippen LogP contribution in [0.3, 0.4) is 0 Å². The number of fused-ring (bicyclic) bond motifs is 1. The molecule has 0 aliphatic heterocycles. The van der Waals surface area contributed by atoms with Crippen LogP contribution in [0.4, 0.5) is 0 Å². The highest BCUT2D eigenvalue weighted by Crippen LogP contribution is 2.28. The minimum absolute atomic E-state index is 0.686. The third-order valence-corrected chi connectivity index (χ3v) is 2.65. The van der Waals surface area contributed by atoms with Crippen molar-refractivity contribution < 1.29 is 5.11 Å². The van der Waals surface area contributed by atoms with Crippen molar-refractivity contribution in [3.63, 3.8) is 0 Å². The molecule has 3 heteroatoms. The number of hydrogen-bond acceptors (Lipinski definition) is 1. The summed E-state index contributed by atoms with van der Waals surface area (Å²) in [4.78, 5) is 3.05. The third kappa shape index (κ3) is 1.51. The van der Waals surface area contributed by atoms with E-state index in [2.05, 4.69) is 4.98 Å². The van der Waals surface area contributed by atoms with E-state index in [4.69, 9.17) is 11.6 Å². The first-order valence-electron chi connectivity index (χ1n) is 4.48. The fourth-order valence-corrected chi connectivity index (χ4v) is 1.68. The van der Waals surface area contributed by atoms with Crippen LogP contribution in [0.2, 0.25) is 5.02 Å². The Bertz CT molecular complexity index is 468. The van der Waals surface area contributed by atoms with Crippen molar-refractivity contribution in [3.8, 4) is 0 Å². The van der Waals surface area contributed by atoms with Crippen LogP contribution in [0.15, 0.2) is 24.4 Å². The molecular formula is C11H12ClNO. The Labute approximate surface area is 87.5 Å². The van der Waals surface area contributed by atoms with Crippen LogP contribution in [-0.4, -0.2) is 10.1 Å². The van der Waals surface area contributed by atoms with Gasteiger partial charge in [0.1, 0.15) is 0 Å². The van der Waals surface area contributed by atoms with Crippen LogP contribution >= 0.6 is 11.6 Å². The summed E-state index contributed by atoms with van der Waals surface area (Å²) in [5, 5.41) is 11.5. The molecule has 0 unspecified atom stereocenters. The van der Waals surface area contributed by atoms with Gasteiger partial charge in [-0.1, -0.05) is 17.7 Å². The van der Waals surface area contributed by atoms with Crippen LogP contribution in [0, 0.1) is 0 Å². The molecule has 14 heavy (non-hydrogen) atoms. The molecule has 0 aliphatic rings. The van der Waals surface area contributed by atoms with Gasteiger partial charge in [0.05, 0.1) is 10.6 Å². The SMILES string of the molecule is CC(C)(O)c1ccc2[nH]cc(Cl)c2c1. The quantitative estimate of drug-likeness (QED) is 0.744. The van der Waals surface area contributed by atoms with Crippen molar-refractivity contribution in [2.24, 2.45) is 0 Å². The number of hydrogen-bond donors (Lipinski definition) is 2. The molecule has 2 rings (SSSR count). The maximum Gasteiger partial charge on any atom is 0.0840 e. The van der Waals surface area contributed by atoms with Crippen LogP contribution < -0.4 is 0 Å². The van der Waals surface area contributed by atoms with Crippen molar-refractivity contribution in [2.45, 2.75) is 19.4 Å². The van der Waals surface area contributed by atoms with Crippen LogP contribution in [0.1, 0.15) is 19.4 Å². The zero-order valence-corrected chi connectivity index (χ0v) is 8.89. The molecule has 0 fully saturated rings. The average molecular weight is 210 g/mol. The molecule has 0 saturated carbocycles. The molecule has 2 N–H and O–H groups in total. The average Bonchev–Trinajstić information content (AvgIpc) is 2.46. The summed E-state index contributed by atoms with van der Waals surface area (Å²) >= 11 is 5.98. The highest BCUT2D eigenvalue weighted by Gasteiger charge is 2.16. The zero-order valence-electron chi connectivity index (χ0n) is 8.13. The van der Waals surface area contributed by atoms with Gasteiger partial charge in [-0.2, -0.15) is 0 Å². The Balaban J connectivity index is 2.66. The Hall–Kier alpha value is -0.990. The molecule has 0 amide bonds. The first-order valence-corrected chi connectivity index (χ1v) is 4.86. The first-order chi connectivity index (χ1) is 6.48. The van der Waals surface area contributed by atoms with E-state index in [0.29, 0.717) is 5.02 Å². The minimum Gasteiger partial charge on any atom is -0.386 e. The van der Waals surface area contributed by atoms with E-state index in [1.807, 2.05) is 18.2 Å². The van der Waals surface area contributed by atoms with E-state index in [0.717, 1.165) is 16.5 Å². The summed E-state index contributed by atoms with van der Waals surface area (Å²) in [6, 6.07) is 5.73. The molecular weight excluding hydrogens is 198 g/mol. The van der Waals surface area contributed by atoms with Crippen molar-refractivity contribution in [1.82, 2.24) is 4.98 Å². The van der Waals surface area contributed by atoms with Gasteiger partial charge < -0.3 is 10.1 Å². The molecule has 1 heterocycles. The maximum absolute atomic E-state index is 9.82. The summed E-state index contributed by atoms with van der Waals surface area (Å²) in [7, 11) is 0. The summed E-state index contributed by atoms with van der Waals surface area (Å²) < 4.78 is 0. The number of H-pyrrole nitrogens is 1. The molecule has 1 aromatic carbocycles. The Morgan fingerprint density at radius 3 is 2.71 bits per heavy atom. The molecule has 2 aromatic rings. The van der Waals surface area contributed by atoms with Crippen molar-refractivity contribution in [1.29, 1.82) is 0 Å². The summed E-state index contributed by atoms with van der Waals surface area (Å²) in [6.07, 6.45) is 1.75. The van der Waals surface area contributed by atoms with E-state index in [1.54, 1.807) is 20.0 Å². The molecule has 1 aromatic heterocycles. The predicted molar refractivity (Wildman–Crippen MR) is 58.6 cm³/mol. The molecule has 74 valence electrons. The number of rotatable bonds is 1. The maximum atomic E-state index is 9.82. The molecule has 0 atom stereocenters. The normalized spacial score (nSPS) is 12.3. The smallest absolute Gasteiger partial charge is 0.0840 e. The Morgan fingerprint density at radius 2 is 2.07 bits per heavy atom. The summed E-state index contributed by atoms with van der Waals surface area (Å²) in [6.45, 7) is 3.52. The zero-order chi connectivity index (χ0) is 10.3. The lowest BCUT2D eigenvalue weighted by Crippen LogP contribution is -2.14. The second-order valence-electron chi connectivity index (χ2n) is 3.96. The van der Waals surface area contributed by atoms with E-state index in [-0.39, 0.29) is 0 Å². The lowest BCUT2D eigenvalue weighted by atomic mass is 9.97. The van der Waals surface area contributed by atoms with Gasteiger partial charge in [-0.05, 0) is 31.5 Å². The molecule has 0 bridgehead atoms. The van der Waals surface area contributed by atoms with Crippen LogP contribution in [-0.2, 0) is 5.60 Å². The number of aromatic nitrogens is 1. The highest BCUT2D eigenvalue weighted by molar-refractivity contribution is 6.35. The highest BCUT2D eigenvalue weighted by atomic mass is 35.5. The largest absolute Gasteiger partial charge is 0.386 e. The third-order valence-electron chi connectivity index (χ3n) is 2.34. The number of nitrogens with one attached hydrogen (secondary N) is 1. The molecule has 0 spiro atoms. The van der Waals surface area contributed by atoms with E-state index < -0.39 is 5.60 Å². The van der Waals surface area contributed by atoms with Crippen molar-refractivity contribution in [2.75, 3.05) is 0 Å². The van der Waals surface area contributed by atoms with Crippen molar-refractivity contribution >= 4 is 22.5 Å². The number of halogens is 1. The predicted octanol–water partition coefficient (Wildman–Crippen LogP) is 3.05. The van der Waals surface area contributed by atoms with Gasteiger partial charge in [0, 0.05) is 17.1 Å². The standard InChI is InChI=1S/C11H12ClNO/c1-11(2,14)7-3-4-10-8(5-7)9(12)6-13-10/h3-6,13-14H,1-2H3. The van der Waals surface area contributed by atoms with E-state index in [1.165, 1.54) is 0 Å². The van der Waals surface area contributed by atoms with Gasteiger partial charge in [0.2, 0.25) is 0 Å². The van der Waals surface area contributed by atoms with Crippen molar-refractivity contribution in [3.05, 3.63) is 35.0 Å². The second-order valence-corrected chi connectivity index (χ2v) is 4.36. The van der Waals surface area contributed by atoms with E-state index in [9.17, 15) is 5.11 Å². The molecule has 0 radical (unpaired) electrons. The van der Waals surface area contributed by atoms with Gasteiger partial charge in [-0.15, -0.1) is 0 Å². The fourth-order valence-electron chi connectivity index (χ4n) is 1.47. The lowest BCUT2D eigenvalue weighted by Gasteiger charge is -2.17. The Morgan fingerprint density at radius 1 is 1.36 bits per heavy atom. The van der Waals surface area contributed by atoms with Crippen LogP contribution in [0.25, 0.3) is 10.9 Å². The minimum atomic E-state index is -0.825. The number of benzene rings is 1. The van der Waals surface area contributed by atoms with E-state index >= 15 is 0 Å². The van der Waals surface area contributed by atoms with Gasteiger partial charge in [-0.25, -0.2) is 0 Å². The van der Waals surface area contributed by atoms with Gasteiger partial charge in [-0.3, -0.25) is 0 Å². The van der Waals surface area contributed by atoms with Crippen LogP contribution in [0.5, 0.6) is 0 Å². The lowest BCUT2D eigenvalue weighted by molar-refractivity contribution is 0.0787. The number of aliphatic hydroxyl groups is 1. The number of aromatic amines is 1. The molecule has 0 aliphatic carbocycles. The monoisotopic (exact) mass is 209 g/mol. The Kier molecular flexibility index (Phi) is 2.05. The topological polar surface area (TPSA) is 36.0 Å².